The number of hydrogen-bond acceptors (Lipinski definition) is 2. The van der Waals surface area contributed by atoms with Gasteiger partial charge in [0.2, 0.25) is 0 Å². The Balaban J connectivity index is 1.38. The van der Waals surface area contributed by atoms with Gasteiger partial charge in [-0.05, 0) is 98.8 Å². The molecule has 1 spiro atoms. The van der Waals surface area contributed by atoms with Crippen molar-refractivity contribution >= 4 is 32.9 Å². The molecule has 0 N–H and O–H groups in total. The molecule has 1 aliphatic carbocycles. The first-order valence-electron chi connectivity index (χ1n) is 10.6. The minimum Gasteiger partial charge on any atom is -0.444 e. The molecule has 2 aliphatic rings. The number of piperidine rings is 1. The molecule has 2 heterocycles. The molecule has 2 fully saturated rings. The molecule has 0 bridgehead atoms. The van der Waals surface area contributed by atoms with E-state index in [4.69, 9.17) is 4.74 Å². The van der Waals surface area contributed by atoms with Crippen LogP contribution in [-0.4, -0.2) is 34.3 Å². The highest BCUT2D eigenvalue weighted by Crippen LogP contribution is 2.48. The second-order valence-corrected chi connectivity index (χ2v) is 10.6. The lowest BCUT2D eigenvalue weighted by molar-refractivity contribution is 0.00199. The van der Waals surface area contributed by atoms with Crippen molar-refractivity contribution < 1.29 is 13.9 Å². The SMILES string of the molecule is CC(C)(C)OC(=O)N1CCC2(CCC(n3ccc4c(F)c(Br)ccc43)CC2)CC1. The summed E-state index contributed by atoms with van der Waals surface area (Å²) in [5, 5.41) is 0.685. The number of ether oxygens (including phenoxy) is 1. The van der Waals surface area contributed by atoms with Crippen LogP contribution in [0.25, 0.3) is 10.9 Å². The minimum atomic E-state index is -0.446. The van der Waals surface area contributed by atoms with E-state index in [0.717, 1.165) is 44.3 Å². The number of carbonyl (C=O) groups is 1. The van der Waals surface area contributed by atoms with Crippen molar-refractivity contribution in [3.05, 3.63) is 34.7 Å². The minimum absolute atomic E-state index is 0.178. The van der Waals surface area contributed by atoms with Crippen molar-refractivity contribution in [2.45, 2.75) is 70.9 Å². The standard InChI is InChI=1S/C23H30BrFN2O2/c1-22(2,3)29-21(28)26-14-11-23(12-15-26)9-6-16(7-10-23)27-13-8-17-19(27)5-4-18(24)20(17)25/h4-5,8,13,16H,6-7,9-12,14-15H2,1-3H3. The van der Waals surface area contributed by atoms with Crippen LogP contribution in [0.15, 0.2) is 28.9 Å². The van der Waals surface area contributed by atoms with E-state index < -0.39 is 5.60 Å². The molecule has 29 heavy (non-hydrogen) atoms. The Morgan fingerprint density at radius 2 is 1.79 bits per heavy atom. The fraction of sp³-hybridized carbons (Fsp3) is 0.609. The number of fused-ring (bicyclic) bond motifs is 1. The number of halogens is 2. The van der Waals surface area contributed by atoms with Crippen LogP contribution >= 0.6 is 15.9 Å². The van der Waals surface area contributed by atoms with Crippen LogP contribution in [0.1, 0.15) is 65.3 Å². The van der Waals surface area contributed by atoms with Gasteiger partial charge in [0.15, 0.2) is 0 Å². The van der Waals surface area contributed by atoms with Crippen LogP contribution in [0.4, 0.5) is 9.18 Å². The maximum atomic E-state index is 14.4. The van der Waals surface area contributed by atoms with Gasteiger partial charge in [-0.15, -0.1) is 0 Å². The normalized spacial score (nSPS) is 20.4. The van der Waals surface area contributed by atoms with Crippen LogP contribution < -0.4 is 0 Å². The third kappa shape index (κ3) is 4.18. The van der Waals surface area contributed by atoms with Crippen molar-refractivity contribution in [3.63, 3.8) is 0 Å². The maximum absolute atomic E-state index is 14.4. The number of amides is 1. The fourth-order valence-electron chi connectivity index (χ4n) is 4.98. The van der Waals surface area contributed by atoms with E-state index in [0.29, 0.717) is 21.3 Å². The Labute approximate surface area is 180 Å². The molecule has 1 amide bonds. The second-order valence-electron chi connectivity index (χ2n) is 9.72. The van der Waals surface area contributed by atoms with E-state index in [1.807, 2.05) is 44.0 Å². The summed E-state index contributed by atoms with van der Waals surface area (Å²) in [6, 6.07) is 6.11. The number of rotatable bonds is 1. The largest absolute Gasteiger partial charge is 0.444 e. The Bertz CT molecular complexity index is 899. The van der Waals surface area contributed by atoms with E-state index in [-0.39, 0.29) is 11.9 Å². The van der Waals surface area contributed by atoms with Gasteiger partial charge in [0.05, 0.1) is 9.99 Å². The zero-order valence-electron chi connectivity index (χ0n) is 17.5. The molecular weight excluding hydrogens is 435 g/mol. The topological polar surface area (TPSA) is 34.5 Å². The highest BCUT2D eigenvalue weighted by Gasteiger charge is 2.40. The lowest BCUT2D eigenvalue weighted by Gasteiger charge is -2.46. The van der Waals surface area contributed by atoms with E-state index >= 15 is 0 Å². The van der Waals surface area contributed by atoms with Gasteiger partial charge in [0.25, 0.3) is 0 Å². The average molecular weight is 465 g/mol. The van der Waals surface area contributed by atoms with Crippen LogP contribution in [0.3, 0.4) is 0 Å². The Morgan fingerprint density at radius 3 is 2.41 bits per heavy atom. The molecule has 4 nitrogen and oxygen atoms in total. The zero-order valence-corrected chi connectivity index (χ0v) is 19.1. The van der Waals surface area contributed by atoms with Gasteiger partial charge >= 0.3 is 6.09 Å². The van der Waals surface area contributed by atoms with E-state index in [1.54, 1.807) is 6.07 Å². The molecule has 0 radical (unpaired) electrons. The Kier molecular flexibility index (Phi) is 5.43. The summed E-state index contributed by atoms with van der Waals surface area (Å²) in [4.78, 5) is 14.2. The highest BCUT2D eigenvalue weighted by molar-refractivity contribution is 9.10. The van der Waals surface area contributed by atoms with Gasteiger partial charge in [0.1, 0.15) is 11.4 Å². The number of hydrogen-bond donors (Lipinski definition) is 0. The van der Waals surface area contributed by atoms with Gasteiger partial charge in [0, 0.05) is 30.7 Å². The molecule has 1 saturated heterocycles. The first-order chi connectivity index (χ1) is 13.7. The first kappa shape index (κ1) is 20.7. The summed E-state index contributed by atoms with van der Waals surface area (Å²) in [7, 11) is 0. The summed E-state index contributed by atoms with van der Waals surface area (Å²) in [6.07, 6.45) is 8.49. The molecule has 1 saturated carbocycles. The average Bonchev–Trinajstić information content (AvgIpc) is 3.09. The predicted octanol–water partition coefficient (Wildman–Crippen LogP) is 6.68. The summed E-state index contributed by atoms with van der Waals surface area (Å²) >= 11 is 3.28. The fourth-order valence-corrected chi connectivity index (χ4v) is 5.32. The monoisotopic (exact) mass is 464 g/mol. The van der Waals surface area contributed by atoms with Crippen molar-refractivity contribution in [2.75, 3.05) is 13.1 Å². The third-order valence-corrected chi connectivity index (χ3v) is 7.29. The molecule has 0 unspecified atom stereocenters. The molecule has 1 aromatic heterocycles. The molecule has 1 aromatic carbocycles. The molecule has 6 heteroatoms. The third-order valence-electron chi connectivity index (χ3n) is 6.67. The molecular formula is C23H30BrFN2O2. The number of aromatic nitrogens is 1. The number of nitrogens with zero attached hydrogens (tertiary/aromatic N) is 2. The lowest BCUT2D eigenvalue weighted by atomic mass is 9.67. The Hall–Kier alpha value is -1.56. The predicted molar refractivity (Wildman–Crippen MR) is 117 cm³/mol. The van der Waals surface area contributed by atoms with E-state index in [2.05, 4.69) is 20.5 Å². The van der Waals surface area contributed by atoms with Crippen molar-refractivity contribution in [2.24, 2.45) is 5.41 Å². The summed E-state index contributed by atoms with van der Waals surface area (Å²) < 4.78 is 22.7. The zero-order chi connectivity index (χ0) is 20.8. The van der Waals surface area contributed by atoms with Gasteiger partial charge in [-0.25, -0.2) is 9.18 Å². The number of likely N-dealkylation sites (tertiary alicyclic amines) is 1. The first-order valence-corrected chi connectivity index (χ1v) is 11.4. The van der Waals surface area contributed by atoms with Gasteiger partial charge in [-0.2, -0.15) is 0 Å². The number of carbonyl (C=O) groups excluding carboxylic acids is 1. The van der Waals surface area contributed by atoms with Gasteiger partial charge in [-0.3, -0.25) is 0 Å². The van der Waals surface area contributed by atoms with Crippen LogP contribution in [0.5, 0.6) is 0 Å². The number of benzene rings is 1. The quantitative estimate of drug-likeness (QED) is 0.471. The highest BCUT2D eigenvalue weighted by atomic mass is 79.9. The molecule has 4 rings (SSSR count). The van der Waals surface area contributed by atoms with Crippen molar-refractivity contribution in [3.8, 4) is 0 Å². The van der Waals surface area contributed by atoms with Gasteiger partial charge in [-0.1, -0.05) is 0 Å². The van der Waals surface area contributed by atoms with E-state index in [1.165, 1.54) is 12.8 Å². The molecule has 0 atom stereocenters. The molecule has 158 valence electrons. The van der Waals surface area contributed by atoms with Crippen LogP contribution in [0, 0.1) is 11.2 Å². The summed E-state index contributed by atoms with van der Waals surface area (Å²) in [5.74, 6) is -0.178. The van der Waals surface area contributed by atoms with Crippen molar-refractivity contribution in [1.82, 2.24) is 9.47 Å². The van der Waals surface area contributed by atoms with Crippen molar-refractivity contribution in [1.29, 1.82) is 0 Å². The second kappa shape index (κ2) is 7.60. The summed E-state index contributed by atoms with van der Waals surface area (Å²) in [5.41, 5.74) is 0.872. The van der Waals surface area contributed by atoms with Crippen LogP contribution in [0.2, 0.25) is 0 Å². The van der Waals surface area contributed by atoms with Crippen LogP contribution in [-0.2, 0) is 4.74 Å². The maximum Gasteiger partial charge on any atom is 0.410 e. The van der Waals surface area contributed by atoms with Gasteiger partial charge < -0.3 is 14.2 Å². The van der Waals surface area contributed by atoms with E-state index in [9.17, 15) is 9.18 Å². The summed E-state index contributed by atoms with van der Waals surface area (Å²) in [6.45, 7) is 7.30. The Morgan fingerprint density at radius 1 is 1.14 bits per heavy atom. The molecule has 2 aromatic rings. The lowest BCUT2D eigenvalue weighted by Crippen LogP contribution is -2.46. The molecule has 1 aliphatic heterocycles. The smallest absolute Gasteiger partial charge is 0.410 e.